The molecule has 1 aliphatic heterocycles. The van der Waals surface area contributed by atoms with E-state index < -0.39 is 6.10 Å². The SMILES string of the molecule is C[C@@H](Cn1ncc2ccc3c(c21)C[C@H](O)CO3)N=[N+]=[N-]. The number of hydrogen-bond donors (Lipinski definition) is 1. The Kier molecular flexibility index (Phi) is 3.22. The topological polar surface area (TPSA) is 96.0 Å². The molecular weight excluding hydrogens is 258 g/mol. The van der Waals surface area contributed by atoms with Gasteiger partial charge in [-0.3, -0.25) is 4.68 Å². The van der Waals surface area contributed by atoms with Crippen molar-refractivity contribution in [2.45, 2.75) is 32.0 Å². The van der Waals surface area contributed by atoms with Crippen molar-refractivity contribution in [3.05, 3.63) is 34.3 Å². The van der Waals surface area contributed by atoms with Gasteiger partial charge in [0, 0.05) is 28.8 Å². The molecule has 1 N–H and O–H groups in total. The minimum Gasteiger partial charge on any atom is -0.491 e. The van der Waals surface area contributed by atoms with Crippen molar-refractivity contribution < 1.29 is 9.84 Å². The molecule has 1 aromatic heterocycles. The van der Waals surface area contributed by atoms with E-state index in [-0.39, 0.29) is 6.04 Å². The van der Waals surface area contributed by atoms with Gasteiger partial charge < -0.3 is 9.84 Å². The number of rotatable bonds is 3. The van der Waals surface area contributed by atoms with Crippen LogP contribution in [0.25, 0.3) is 21.3 Å². The number of nitrogens with zero attached hydrogens (tertiary/aromatic N) is 5. The number of ether oxygens (including phenoxy) is 1. The van der Waals surface area contributed by atoms with Crippen molar-refractivity contribution >= 4 is 10.9 Å². The number of aliphatic hydroxyl groups excluding tert-OH is 1. The molecule has 0 spiro atoms. The van der Waals surface area contributed by atoms with Crippen LogP contribution in [0.3, 0.4) is 0 Å². The van der Waals surface area contributed by atoms with Crippen LogP contribution in [0.4, 0.5) is 0 Å². The molecule has 1 aromatic carbocycles. The molecular formula is C13H15N5O2. The van der Waals surface area contributed by atoms with Crippen LogP contribution in [-0.2, 0) is 13.0 Å². The summed E-state index contributed by atoms with van der Waals surface area (Å²) in [6.45, 7) is 2.66. The van der Waals surface area contributed by atoms with Gasteiger partial charge in [0.25, 0.3) is 0 Å². The van der Waals surface area contributed by atoms with E-state index in [4.69, 9.17) is 10.3 Å². The highest BCUT2D eigenvalue weighted by atomic mass is 16.5. The molecule has 0 bridgehead atoms. The van der Waals surface area contributed by atoms with E-state index in [1.54, 1.807) is 6.20 Å². The number of aliphatic hydroxyl groups is 1. The largest absolute Gasteiger partial charge is 0.491 e. The zero-order valence-electron chi connectivity index (χ0n) is 11.1. The van der Waals surface area contributed by atoms with E-state index >= 15 is 0 Å². The van der Waals surface area contributed by atoms with Gasteiger partial charge in [0.15, 0.2) is 0 Å². The minimum atomic E-state index is -0.494. The van der Waals surface area contributed by atoms with Gasteiger partial charge in [-0.15, -0.1) is 0 Å². The van der Waals surface area contributed by atoms with Gasteiger partial charge in [0.2, 0.25) is 0 Å². The van der Waals surface area contributed by atoms with Gasteiger partial charge in [-0.05, 0) is 17.7 Å². The third-order valence-corrected chi connectivity index (χ3v) is 3.42. The summed E-state index contributed by atoms with van der Waals surface area (Å²) < 4.78 is 7.36. The molecule has 2 heterocycles. The molecule has 0 radical (unpaired) electrons. The maximum Gasteiger partial charge on any atom is 0.124 e. The second-order valence-electron chi connectivity index (χ2n) is 5.03. The third-order valence-electron chi connectivity index (χ3n) is 3.42. The van der Waals surface area contributed by atoms with Gasteiger partial charge in [0.05, 0.1) is 23.9 Å². The van der Waals surface area contributed by atoms with Crippen LogP contribution in [-0.4, -0.2) is 33.6 Å². The van der Waals surface area contributed by atoms with E-state index in [0.29, 0.717) is 19.6 Å². The highest BCUT2D eigenvalue weighted by molar-refractivity contribution is 5.84. The predicted molar refractivity (Wildman–Crippen MR) is 73.5 cm³/mol. The standard InChI is InChI=1S/C13H15N5O2/c1-8(16-17-14)6-18-13-9(5-15-18)2-3-12-11(13)4-10(19)7-20-12/h2-3,5,8,10,19H,4,6-7H2,1H3/t8-,10-/m0/s1. The fourth-order valence-electron chi connectivity index (χ4n) is 2.56. The molecule has 7 heteroatoms. The predicted octanol–water partition coefficient (Wildman–Crippen LogP) is 2.03. The third kappa shape index (κ3) is 2.17. The molecule has 0 amide bonds. The molecule has 104 valence electrons. The van der Waals surface area contributed by atoms with Gasteiger partial charge in [-0.2, -0.15) is 5.10 Å². The summed E-state index contributed by atoms with van der Waals surface area (Å²) in [6, 6.07) is 3.67. The van der Waals surface area contributed by atoms with Gasteiger partial charge in [-0.1, -0.05) is 12.0 Å². The summed E-state index contributed by atoms with van der Waals surface area (Å²) in [5.41, 5.74) is 10.4. The van der Waals surface area contributed by atoms with Crippen LogP contribution in [0.2, 0.25) is 0 Å². The van der Waals surface area contributed by atoms with Crippen molar-refractivity contribution in [3.63, 3.8) is 0 Å². The molecule has 0 unspecified atom stereocenters. The van der Waals surface area contributed by atoms with Crippen LogP contribution in [0.15, 0.2) is 23.4 Å². The lowest BCUT2D eigenvalue weighted by molar-refractivity contribution is 0.0926. The lowest BCUT2D eigenvalue weighted by atomic mass is 10.0. The Bertz CT molecular complexity index is 689. The second kappa shape index (κ2) is 5.03. The van der Waals surface area contributed by atoms with Crippen LogP contribution >= 0.6 is 0 Å². The minimum absolute atomic E-state index is 0.187. The van der Waals surface area contributed by atoms with Crippen LogP contribution in [0.5, 0.6) is 5.75 Å². The summed E-state index contributed by atoms with van der Waals surface area (Å²) in [5, 5.41) is 18.8. The molecule has 7 nitrogen and oxygen atoms in total. The zero-order chi connectivity index (χ0) is 14.1. The number of azide groups is 1. The van der Waals surface area contributed by atoms with Crippen molar-refractivity contribution in [2.75, 3.05) is 6.61 Å². The molecule has 20 heavy (non-hydrogen) atoms. The first-order valence-corrected chi connectivity index (χ1v) is 6.51. The monoisotopic (exact) mass is 273 g/mol. The molecule has 0 saturated carbocycles. The molecule has 0 saturated heterocycles. The number of benzene rings is 1. The van der Waals surface area contributed by atoms with Crippen molar-refractivity contribution in [3.8, 4) is 5.75 Å². The van der Waals surface area contributed by atoms with Crippen LogP contribution in [0, 0.1) is 0 Å². The van der Waals surface area contributed by atoms with Crippen LogP contribution < -0.4 is 4.74 Å². The maximum atomic E-state index is 9.79. The number of fused-ring (bicyclic) bond motifs is 3. The average Bonchev–Trinajstić information content (AvgIpc) is 2.82. The molecule has 1 aliphatic rings. The number of aromatic nitrogens is 2. The highest BCUT2D eigenvalue weighted by Crippen LogP contribution is 2.32. The highest BCUT2D eigenvalue weighted by Gasteiger charge is 2.22. The molecule has 0 fully saturated rings. The van der Waals surface area contributed by atoms with Crippen molar-refractivity contribution in [1.82, 2.24) is 9.78 Å². The lowest BCUT2D eigenvalue weighted by Gasteiger charge is -2.23. The average molecular weight is 273 g/mol. The van der Waals surface area contributed by atoms with Crippen LogP contribution in [0.1, 0.15) is 12.5 Å². The Morgan fingerprint density at radius 1 is 1.65 bits per heavy atom. The summed E-state index contributed by atoms with van der Waals surface area (Å²) in [7, 11) is 0. The van der Waals surface area contributed by atoms with E-state index in [1.165, 1.54) is 0 Å². The van der Waals surface area contributed by atoms with Crippen molar-refractivity contribution in [1.29, 1.82) is 0 Å². The van der Waals surface area contributed by atoms with Crippen molar-refractivity contribution in [2.24, 2.45) is 5.11 Å². The Labute approximate surface area is 115 Å². The number of hydrogen-bond acceptors (Lipinski definition) is 4. The molecule has 2 aromatic rings. The molecule has 0 aliphatic carbocycles. The summed E-state index contributed by atoms with van der Waals surface area (Å²) in [5.74, 6) is 0.793. The molecule has 2 atom stereocenters. The maximum absolute atomic E-state index is 9.79. The Morgan fingerprint density at radius 2 is 2.50 bits per heavy atom. The van der Waals surface area contributed by atoms with E-state index in [0.717, 1.165) is 22.2 Å². The second-order valence-corrected chi connectivity index (χ2v) is 5.03. The normalized spacial score (nSPS) is 19.0. The summed E-state index contributed by atoms with van der Waals surface area (Å²) >= 11 is 0. The van der Waals surface area contributed by atoms with E-state index in [9.17, 15) is 5.11 Å². The van der Waals surface area contributed by atoms with Gasteiger partial charge >= 0.3 is 0 Å². The Balaban J connectivity index is 2.07. The first kappa shape index (κ1) is 12.8. The Hall–Kier alpha value is -2.24. The Morgan fingerprint density at radius 3 is 3.30 bits per heavy atom. The molecule has 3 rings (SSSR count). The quantitative estimate of drug-likeness (QED) is 0.526. The van der Waals surface area contributed by atoms with Gasteiger partial charge in [0.1, 0.15) is 12.4 Å². The summed E-state index contributed by atoms with van der Waals surface area (Å²) in [4.78, 5) is 2.81. The fourth-order valence-corrected chi connectivity index (χ4v) is 2.56. The smallest absolute Gasteiger partial charge is 0.124 e. The summed E-state index contributed by atoms with van der Waals surface area (Å²) in [6.07, 6.45) is 1.83. The van der Waals surface area contributed by atoms with Gasteiger partial charge in [-0.25, -0.2) is 0 Å². The van der Waals surface area contributed by atoms with E-state index in [1.807, 2.05) is 23.7 Å². The first-order chi connectivity index (χ1) is 9.69. The fraction of sp³-hybridized carbons (Fsp3) is 0.462. The first-order valence-electron chi connectivity index (χ1n) is 6.51. The zero-order valence-corrected chi connectivity index (χ0v) is 11.1. The lowest BCUT2D eigenvalue weighted by Crippen LogP contribution is -2.26. The van der Waals surface area contributed by atoms with E-state index in [2.05, 4.69) is 15.1 Å².